The third kappa shape index (κ3) is 2.87. The summed E-state index contributed by atoms with van der Waals surface area (Å²) in [4.78, 5) is 1.63. The highest BCUT2D eigenvalue weighted by Crippen LogP contribution is 2.33. The third-order valence-electron chi connectivity index (χ3n) is 3.94. The quantitative estimate of drug-likeness (QED) is 0.874. The van der Waals surface area contributed by atoms with E-state index in [2.05, 4.69) is 0 Å². The molecule has 1 unspecified atom stereocenters. The van der Waals surface area contributed by atoms with Gasteiger partial charge >= 0.3 is 0 Å². The van der Waals surface area contributed by atoms with Gasteiger partial charge in [0.25, 0.3) is 0 Å². The van der Waals surface area contributed by atoms with E-state index in [0.717, 1.165) is 16.7 Å². The summed E-state index contributed by atoms with van der Waals surface area (Å²) in [7, 11) is -0.683. The highest BCUT2D eigenvalue weighted by Gasteiger charge is 2.30. The van der Waals surface area contributed by atoms with E-state index in [1.54, 1.807) is 37.2 Å². The predicted octanol–water partition coefficient (Wildman–Crippen LogP) is 1.28. The van der Waals surface area contributed by atoms with Crippen molar-refractivity contribution in [3.05, 3.63) is 41.6 Å². The maximum atomic E-state index is 11.5. The number of hydrogen-bond acceptors (Lipinski definition) is 5. The molecule has 0 saturated heterocycles. The van der Waals surface area contributed by atoms with Crippen molar-refractivity contribution in [2.45, 2.75) is 24.5 Å². The first kappa shape index (κ1) is 16.5. The topological polar surface area (TPSA) is 92.9 Å². The van der Waals surface area contributed by atoms with Gasteiger partial charge in [-0.1, -0.05) is 6.07 Å². The van der Waals surface area contributed by atoms with Crippen LogP contribution in [-0.4, -0.2) is 38.3 Å². The fourth-order valence-electron chi connectivity index (χ4n) is 2.26. The largest absolute Gasteiger partial charge is 0.495 e. The molecule has 120 valence electrons. The summed E-state index contributed by atoms with van der Waals surface area (Å²) < 4.78 is 28.2. The molecule has 7 heteroatoms. The smallest absolute Gasteiger partial charge is 0.241 e. The van der Waals surface area contributed by atoms with Gasteiger partial charge in [-0.05, 0) is 48.8 Å². The van der Waals surface area contributed by atoms with Gasteiger partial charge < -0.3 is 14.7 Å². The van der Waals surface area contributed by atoms with Crippen molar-refractivity contribution < 1.29 is 18.3 Å². The van der Waals surface area contributed by atoms with E-state index in [9.17, 15) is 13.5 Å². The van der Waals surface area contributed by atoms with Crippen LogP contribution in [0.3, 0.4) is 0 Å². The van der Waals surface area contributed by atoms with Gasteiger partial charge in [0.2, 0.25) is 10.0 Å². The van der Waals surface area contributed by atoms with Gasteiger partial charge in [0.15, 0.2) is 5.72 Å². The van der Waals surface area contributed by atoms with Gasteiger partial charge in [0.1, 0.15) is 10.6 Å². The Kier molecular flexibility index (Phi) is 4.08. The van der Waals surface area contributed by atoms with E-state index in [4.69, 9.17) is 9.88 Å². The summed E-state index contributed by atoms with van der Waals surface area (Å²) in [6.45, 7) is 3.54. The van der Waals surface area contributed by atoms with Crippen LogP contribution in [-0.2, 0) is 10.0 Å². The maximum Gasteiger partial charge on any atom is 0.241 e. The van der Waals surface area contributed by atoms with Crippen LogP contribution in [0.2, 0.25) is 0 Å². The van der Waals surface area contributed by atoms with Crippen LogP contribution in [0.15, 0.2) is 40.9 Å². The first-order valence-electron chi connectivity index (χ1n) is 6.64. The van der Waals surface area contributed by atoms with Crippen molar-refractivity contribution in [3.8, 4) is 5.75 Å². The van der Waals surface area contributed by atoms with Crippen molar-refractivity contribution in [2.75, 3.05) is 14.2 Å². The number of ether oxygens (including phenoxy) is 1. The Hall–Kier alpha value is -1.83. The van der Waals surface area contributed by atoms with Crippen molar-refractivity contribution in [3.63, 3.8) is 0 Å². The first-order valence-corrected chi connectivity index (χ1v) is 8.19. The summed E-state index contributed by atoms with van der Waals surface area (Å²) in [5.41, 5.74) is 1.34. The number of primary sulfonamides is 1. The molecule has 0 fully saturated rings. The Morgan fingerprint density at radius 1 is 1.36 bits per heavy atom. The minimum atomic E-state index is -3.84. The van der Waals surface area contributed by atoms with Gasteiger partial charge in [-0.3, -0.25) is 0 Å². The molecular weight excluding hydrogens is 304 g/mol. The van der Waals surface area contributed by atoms with Gasteiger partial charge in [0.05, 0.1) is 7.11 Å². The van der Waals surface area contributed by atoms with Crippen molar-refractivity contribution >= 4 is 15.6 Å². The van der Waals surface area contributed by atoms with Gasteiger partial charge in [-0.15, -0.1) is 0 Å². The summed E-state index contributed by atoms with van der Waals surface area (Å²) >= 11 is 0. The average Bonchev–Trinajstić information content (AvgIpc) is 2.43. The van der Waals surface area contributed by atoms with E-state index in [1.165, 1.54) is 13.2 Å². The number of aliphatic hydroxyl groups is 1. The van der Waals surface area contributed by atoms with Gasteiger partial charge in [-0.2, -0.15) is 0 Å². The Morgan fingerprint density at radius 2 is 2.00 bits per heavy atom. The molecule has 0 aromatic heterocycles. The highest BCUT2D eigenvalue weighted by atomic mass is 32.2. The SMILES string of the molecule is COc1cc(C2=CN(C)C(C)(O)C(C)=C2)ccc1S(N)(=O)=O. The second-order valence-corrected chi connectivity index (χ2v) is 6.98. The minimum absolute atomic E-state index is 0.0591. The first-order chi connectivity index (χ1) is 10.1. The lowest BCUT2D eigenvalue weighted by Gasteiger charge is -2.37. The molecule has 0 bridgehead atoms. The van der Waals surface area contributed by atoms with E-state index in [0.29, 0.717) is 0 Å². The fourth-order valence-corrected chi connectivity index (χ4v) is 2.94. The lowest BCUT2D eigenvalue weighted by Crippen LogP contribution is -2.43. The second-order valence-electron chi connectivity index (χ2n) is 5.45. The number of likely N-dealkylation sites (N-methyl/N-ethyl adjacent to an activating group) is 1. The molecule has 0 saturated carbocycles. The number of methoxy groups -OCH3 is 1. The molecule has 3 N–H and O–H groups in total. The molecule has 0 aliphatic carbocycles. The van der Waals surface area contributed by atoms with Crippen LogP contribution >= 0.6 is 0 Å². The minimum Gasteiger partial charge on any atom is -0.495 e. The molecule has 1 aromatic carbocycles. The monoisotopic (exact) mass is 324 g/mol. The molecule has 1 aromatic rings. The third-order valence-corrected chi connectivity index (χ3v) is 4.89. The number of nitrogens with zero attached hydrogens (tertiary/aromatic N) is 1. The van der Waals surface area contributed by atoms with Crippen LogP contribution in [0, 0.1) is 0 Å². The van der Waals surface area contributed by atoms with Crippen molar-refractivity contribution in [2.24, 2.45) is 5.14 Å². The molecule has 2 rings (SSSR count). The molecular formula is C15H20N2O4S. The number of nitrogens with two attached hydrogens (primary N) is 1. The maximum absolute atomic E-state index is 11.5. The van der Waals surface area contributed by atoms with Crippen LogP contribution in [0.5, 0.6) is 5.75 Å². The fraction of sp³-hybridized carbons (Fsp3) is 0.333. The van der Waals surface area contributed by atoms with E-state index in [-0.39, 0.29) is 10.6 Å². The van der Waals surface area contributed by atoms with Crippen LogP contribution in [0.25, 0.3) is 5.57 Å². The molecule has 1 atom stereocenters. The summed E-state index contributed by atoms with van der Waals surface area (Å²) in [6, 6.07) is 4.69. The lowest BCUT2D eigenvalue weighted by molar-refractivity contribution is -0.0195. The molecule has 1 aliphatic heterocycles. The van der Waals surface area contributed by atoms with E-state index in [1.807, 2.05) is 13.0 Å². The van der Waals surface area contributed by atoms with Crippen LogP contribution in [0.4, 0.5) is 0 Å². The highest BCUT2D eigenvalue weighted by molar-refractivity contribution is 7.89. The zero-order valence-electron chi connectivity index (χ0n) is 13.0. The molecule has 0 radical (unpaired) electrons. The van der Waals surface area contributed by atoms with E-state index >= 15 is 0 Å². The average molecular weight is 324 g/mol. The number of hydrogen-bond donors (Lipinski definition) is 2. The van der Waals surface area contributed by atoms with Crippen molar-refractivity contribution in [1.82, 2.24) is 4.90 Å². The zero-order chi connectivity index (χ0) is 16.7. The van der Waals surface area contributed by atoms with Crippen LogP contribution in [0.1, 0.15) is 19.4 Å². The van der Waals surface area contributed by atoms with Crippen molar-refractivity contribution in [1.29, 1.82) is 0 Å². The number of benzene rings is 1. The standard InChI is InChI=1S/C15H20N2O4S/c1-10-7-12(9-17(3)15(10,2)18)11-5-6-14(22(16,19)20)13(8-11)21-4/h5-9,18H,1-4H3,(H2,16,19,20). The van der Waals surface area contributed by atoms with Gasteiger partial charge in [-0.25, -0.2) is 13.6 Å². The molecule has 0 amide bonds. The number of rotatable bonds is 3. The Balaban J connectivity index is 2.52. The Labute approximate surface area is 130 Å². The summed E-state index contributed by atoms with van der Waals surface area (Å²) in [5, 5.41) is 15.5. The lowest BCUT2D eigenvalue weighted by atomic mass is 9.95. The zero-order valence-corrected chi connectivity index (χ0v) is 13.8. The molecule has 6 nitrogen and oxygen atoms in total. The van der Waals surface area contributed by atoms with Gasteiger partial charge in [0, 0.05) is 13.2 Å². The molecule has 1 heterocycles. The van der Waals surface area contributed by atoms with E-state index < -0.39 is 15.7 Å². The summed E-state index contributed by atoms with van der Waals surface area (Å²) in [6.07, 6.45) is 3.64. The Bertz CT molecular complexity index is 764. The molecule has 22 heavy (non-hydrogen) atoms. The normalized spacial score (nSPS) is 22.2. The summed E-state index contributed by atoms with van der Waals surface area (Å²) in [5.74, 6) is 0.187. The predicted molar refractivity (Wildman–Crippen MR) is 84.5 cm³/mol. The number of allylic oxidation sites excluding steroid dienone is 2. The molecule has 0 spiro atoms. The second kappa shape index (κ2) is 5.42. The number of sulfonamides is 1. The van der Waals surface area contributed by atoms with Crippen LogP contribution < -0.4 is 9.88 Å². The Morgan fingerprint density at radius 3 is 2.50 bits per heavy atom. The molecule has 1 aliphatic rings.